The minimum atomic E-state index is -0.0919. The molecule has 1 saturated carbocycles. The molecule has 3 aromatic rings. The number of nitrogens with one attached hydrogen (secondary N) is 1. The number of nitrogens with zero attached hydrogens (tertiary/aromatic N) is 2. The van der Waals surface area contributed by atoms with Gasteiger partial charge in [-0.2, -0.15) is 0 Å². The Kier molecular flexibility index (Phi) is 4.33. The number of aromatic nitrogens is 2. The third kappa shape index (κ3) is 2.76. The third-order valence-corrected chi connectivity index (χ3v) is 6.54. The van der Waals surface area contributed by atoms with Gasteiger partial charge in [0.05, 0.1) is 16.4 Å². The second kappa shape index (κ2) is 6.55. The normalized spacial score (nSPS) is 23.0. The lowest BCUT2D eigenvalue weighted by Gasteiger charge is -2.34. The maximum Gasteiger partial charge on any atom is 0.268 e. The molecule has 0 saturated heterocycles. The van der Waals surface area contributed by atoms with E-state index in [9.17, 15) is 9.59 Å². The minimum Gasteiger partial charge on any atom is -0.348 e. The lowest BCUT2D eigenvalue weighted by molar-refractivity contribution is 0.0883. The van der Waals surface area contributed by atoms with Gasteiger partial charge in [-0.05, 0) is 30.4 Å². The highest BCUT2D eigenvalue weighted by molar-refractivity contribution is 6.08. The SMILES string of the molecule is C[C@H]1[C@H](C)CCC[C@@H]1NC(=O)c1cc2c(=O)n(C)c3ccccc3c2n1C. The van der Waals surface area contributed by atoms with Crippen LogP contribution in [0.5, 0.6) is 0 Å². The summed E-state index contributed by atoms with van der Waals surface area (Å²) < 4.78 is 3.52. The van der Waals surface area contributed by atoms with Crippen molar-refractivity contribution in [2.24, 2.45) is 25.9 Å². The molecule has 1 aliphatic rings. The molecule has 0 unspecified atom stereocenters. The summed E-state index contributed by atoms with van der Waals surface area (Å²) in [5.74, 6) is 0.990. The van der Waals surface area contributed by atoms with E-state index in [0.717, 1.165) is 29.3 Å². The van der Waals surface area contributed by atoms with Crippen LogP contribution in [0, 0.1) is 11.8 Å². The zero-order chi connectivity index (χ0) is 19.3. The highest BCUT2D eigenvalue weighted by atomic mass is 16.2. The molecule has 1 aliphatic carbocycles. The number of rotatable bonds is 2. The number of hydrogen-bond donors (Lipinski definition) is 1. The Morgan fingerprint density at radius 1 is 1.07 bits per heavy atom. The largest absolute Gasteiger partial charge is 0.348 e. The average Bonchev–Trinajstić information content (AvgIpc) is 3.01. The highest BCUT2D eigenvalue weighted by Gasteiger charge is 2.29. The fourth-order valence-corrected chi connectivity index (χ4v) is 4.59. The van der Waals surface area contributed by atoms with Gasteiger partial charge in [-0.25, -0.2) is 0 Å². The van der Waals surface area contributed by atoms with Crippen molar-refractivity contribution in [2.45, 2.75) is 39.2 Å². The molecule has 1 N–H and O–H groups in total. The van der Waals surface area contributed by atoms with Crippen LogP contribution in [0.3, 0.4) is 0 Å². The fraction of sp³-hybridized carbons (Fsp3) is 0.455. The van der Waals surface area contributed by atoms with Crippen LogP contribution in [-0.2, 0) is 14.1 Å². The van der Waals surface area contributed by atoms with Crippen molar-refractivity contribution < 1.29 is 4.79 Å². The molecule has 0 radical (unpaired) electrons. The summed E-state index contributed by atoms with van der Waals surface area (Å²) in [6.45, 7) is 4.48. The van der Waals surface area contributed by atoms with Crippen LogP contribution < -0.4 is 10.9 Å². The van der Waals surface area contributed by atoms with E-state index >= 15 is 0 Å². The molecule has 2 aromatic heterocycles. The number of benzene rings is 1. The number of para-hydroxylation sites is 1. The number of carbonyl (C=O) groups excluding carboxylic acids is 1. The number of carbonyl (C=O) groups is 1. The standard InChI is InChI=1S/C22H27N3O2/c1-13-8-7-10-17(14(13)2)23-21(26)19-12-16-20(24(19)3)15-9-5-6-11-18(15)25(4)22(16)27/h5-6,9,11-14,17H,7-8,10H2,1-4H3,(H,23,26)/t13-,14+,17+/m1/s1. The average molecular weight is 365 g/mol. The van der Waals surface area contributed by atoms with Crippen LogP contribution in [0.1, 0.15) is 43.6 Å². The second-order valence-corrected chi connectivity index (χ2v) is 8.08. The van der Waals surface area contributed by atoms with Crippen LogP contribution in [-0.4, -0.2) is 21.1 Å². The molecule has 0 spiro atoms. The first kappa shape index (κ1) is 17.8. The molecular weight excluding hydrogens is 338 g/mol. The Hall–Kier alpha value is -2.56. The number of pyridine rings is 1. The molecule has 1 amide bonds. The van der Waals surface area contributed by atoms with Gasteiger partial charge in [-0.3, -0.25) is 9.59 Å². The summed E-state index contributed by atoms with van der Waals surface area (Å²) in [4.78, 5) is 25.9. The van der Waals surface area contributed by atoms with Gasteiger partial charge in [-0.15, -0.1) is 0 Å². The molecule has 5 nitrogen and oxygen atoms in total. The van der Waals surface area contributed by atoms with Crippen LogP contribution in [0.2, 0.25) is 0 Å². The predicted molar refractivity (Wildman–Crippen MR) is 109 cm³/mol. The van der Waals surface area contributed by atoms with Crippen LogP contribution in [0.15, 0.2) is 35.1 Å². The first-order valence-corrected chi connectivity index (χ1v) is 9.78. The molecule has 1 aromatic carbocycles. The van der Waals surface area contributed by atoms with Gasteiger partial charge in [0.25, 0.3) is 11.5 Å². The Balaban J connectivity index is 1.80. The monoisotopic (exact) mass is 365 g/mol. The van der Waals surface area contributed by atoms with E-state index in [1.165, 1.54) is 6.42 Å². The Bertz CT molecular complexity index is 1090. The third-order valence-electron chi connectivity index (χ3n) is 6.54. The Morgan fingerprint density at radius 2 is 1.81 bits per heavy atom. The zero-order valence-corrected chi connectivity index (χ0v) is 16.5. The van der Waals surface area contributed by atoms with Crippen molar-refractivity contribution in [3.63, 3.8) is 0 Å². The summed E-state index contributed by atoms with van der Waals surface area (Å²) in [6.07, 6.45) is 3.40. The van der Waals surface area contributed by atoms with Gasteiger partial charge < -0.3 is 14.5 Å². The van der Waals surface area contributed by atoms with Gasteiger partial charge in [0, 0.05) is 25.5 Å². The van der Waals surface area contributed by atoms with E-state index in [0.29, 0.717) is 22.9 Å². The molecule has 0 bridgehead atoms. The molecular formula is C22H27N3O2. The predicted octanol–water partition coefficient (Wildman–Crippen LogP) is 3.58. The second-order valence-electron chi connectivity index (χ2n) is 8.08. The van der Waals surface area contributed by atoms with Gasteiger partial charge >= 0.3 is 0 Å². The van der Waals surface area contributed by atoms with Crippen molar-refractivity contribution in [3.8, 4) is 0 Å². The van der Waals surface area contributed by atoms with Gasteiger partial charge in [0.15, 0.2) is 0 Å². The van der Waals surface area contributed by atoms with Crippen molar-refractivity contribution in [1.29, 1.82) is 0 Å². The molecule has 1 fully saturated rings. The topological polar surface area (TPSA) is 56.0 Å². The molecule has 3 atom stereocenters. The molecule has 4 rings (SSSR count). The van der Waals surface area contributed by atoms with E-state index in [1.807, 2.05) is 35.9 Å². The molecule has 5 heteroatoms. The quantitative estimate of drug-likeness (QED) is 0.755. The highest BCUT2D eigenvalue weighted by Crippen LogP contribution is 2.30. The summed E-state index contributed by atoms with van der Waals surface area (Å²) in [6, 6.07) is 9.77. The zero-order valence-electron chi connectivity index (χ0n) is 16.5. The molecule has 2 heterocycles. The van der Waals surface area contributed by atoms with E-state index in [4.69, 9.17) is 0 Å². The summed E-state index contributed by atoms with van der Waals surface area (Å²) >= 11 is 0. The van der Waals surface area contributed by atoms with Gasteiger partial charge in [-0.1, -0.05) is 44.9 Å². The number of amides is 1. The molecule has 27 heavy (non-hydrogen) atoms. The van der Waals surface area contributed by atoms with E-state index in [1.54, 1.807) is 17.7 Å². The number of aryl methyl sites for hydroxylation is 2. The smallest absolute Gasteiger partial charge is 0.268 e. The number of hydrogen-bond acceptors (Lipinski definition) is 2. The van der Waals surface area contributed by atoms with Crippen LogP contribution >= 0.6 is 0 Å². The summed E-state index contributed by atoms with van der Waals surface area (Å²) in [7, 11) is 3.65. The fourth-order valence-electron chi connectivity index (χ4n) is 4.59. The van der Waals surface area contributed by atoms with Crippen molar-refractivity contribution in [3.05, 3.63) is 46.4 Å². The number of fused-ring (bicyclic) bond motifs is 3. The lowest BCUT2D eigenvalue weighted by Crippen LogP contribution is -2.44. The Morgan fingerprint density at radius 3 is 2.59 bits per heavy atom. The minimum absolute atomic E-state index is 0.0713. The Labute approximate surface area is 159 Å². The lowest BCUT2D eigenvalue weighted by atomic mass is 9.78. The maximum atomic E-state index is 13.0. The summed E-state index contributed by atoms with van der Waals surface area (Å²) in [5, 5.41) is 4.80. The first-order valence-electron chi connectivity index (χ1n) is 9.78. The van der Waals surface area contributed by atoms with Crippen molar-refractivity contribution in [2.75, 3.05) is 0 Å². The van der Waals surface area contributed by atoms with E-state index in [2.05, 4.69) is 19.2 Å². The van der Waals surface area contributed by atoms with Crippen LogP contribution in [0.25, 0.3) is 21.8 Å². The van der Waals surface area contributed by atoms with Crippen molar-refractivity contribution in [1.82, 2.24) is 14.5 Å². The van der Waals surface area contributed by atoms with E-state index < -0.39 is 0 Å². The maximum absolute atomic E-state index is 13.0. The first-order chi connectivity index (χ1) is 12.9. The van der Waals surface area contributed by atoms with E-state index in [-0.39, 0.29) is 17.5 Å². The molecule has 0 aliphatic heterocycles. The van der Waals surface area contributed by atoms with Gasteiger partial charge in [0.2, 0.25) is 0 Å². The summed E-state index contributed by atoms with van der Waals surface area (Å²) in [5.41, 5.74) is 2.17. The molecule has 142 valence electrons. The van der Waals surface area contributed by atoms with Crippen LogP contribution in [0.4, 0.5) is 0 Å². The van der Waals surface area contributed by atoms with Gasteiger partial charge in [0.1, 0.15) is 5.69 Å². The van der Waals surface area contributed by atoms with Crippen molar-refractivity contribution >= 4 is 27.7 Å².